The number of aliphatic hydroxyl groups is 10. The molecule has 16 nitrogen and oxygen atoms in total. The fraction of sp³-hybridized carbons (Fsp3) is 1.00. The van der Waals surface area contributed by atoms with Gasteiger partial charge in [0.1, 0.15) is 67.1 Å². The Kier molecular flexibility index (Phi) is 9.54. The van der Waals surface area contributed by atoms with Crippen LogP contribution in [0.15, 0.2) is 0 Å². The van der Waals surface area contributed by atoms with Gasteiger partial charge in [-0.3, -0.25) is 0 Å². The number of ether oxygens (including phenoxy) is 5. The second-order valence-corrected chi connectivity index (χ2v) is 8.42. The van der Waals surface area contributed by atoms with Crippen LogP contribution in [0, 0.1) is 0 Å². The molecule has 0 aromatic rings. The highest BCUT2D eigenvalue weighted by Crippen LogP contribution is 2.31. The van der Waals surface area contributed by atoms with Gasteiger partial charge in [0.2, 0.25) is 0 Å². The molecule has 0 bridgehead atoms. The molecule has 0 unspecified atom stereocenters. The highest BCUT2D eigenvalue weighted by molar-refractivity contribution is 4.97. The summed E-state index contributed by atoms with van der Waals surface area (Å²) in [6, 6.07) is -1.36. The Balaban J connectivity index is 1.78. The molecule has 0 amide bonds. The second kappa shape index (κ2) is 11.6. The Labute approximate surface area is 193 Å². The molecule has 3 heterocycles. The first-order chi connectivity index (χ1) is 16.0. The van der Waals surface area contributed by atoms with Gasteiger partial charge in [-0.15, -0.1) is 0 Å². The Hall–Kier alpha value is -0.640. The van der Waals surface area contributed by atoms with Gasteiger partial charge in [0.15, 0.2) is 18.9 Å². The molecule has 0 aromatic heterocycles. The summed E-state index contributed by atoms with van der Waals surface area (Å²) in [5.41, 5.74) is 5.83. The first kappa shape index (κ1) is 27.9. The van der Waals surface area contributed by atoms with E-state index >= 15 is 0 Å². The topological polar surface area (TPSA) is 274 Å². The van der Waals surface area contributed by atoms with Crippen molar-refractivity contribution >= 4 is 0 Å². The van der Waals surface area contributed by atoms with Gasteiger partial charge in [0, 0.05) is 0 Å². The predicted molar refractivity (Wildman–Crippen MR) is 103 cm³/mol. The highest BCUT2D eigenvalue weighted by atomic mass is 16.7. The van der Waals surface area contributed by atoms with E-state index in [1.807, 2.05) is 0 Å². The van der Waals surface area contributed by atoms with Crippen molar-refractivity contribution in [1.29, 1.82) is 0 Å². The zero-order chi connectivity index (χ0) is 25.3. The summed E-state index contributed by atoms with van der Waals surface area (Å²) in [5.74, 6) is 0. The maximum absolute atomic E-state index is 10.8. The van der Waals surface area contributed by atoms with E-state index in [0.29, 0.717) is 0 Å². The molecule has 16 heteroatoms. The molecule has 200 valence electrons. The summed E-state index contributed by atoms with van der Waals surface area (Å²) in [6.07, 6.45) is -22.5. The fourth-order valence-corrected chi connectivity index (χ4v) is 4.10. The summed E-state index contributed by atoms with van der Waals surface area (Å²) >= 11 is 0. The van der Waals surface area contributed by atoms with Crippen LogP contribution in [0.5, 0.6) is 0 Å². The van der Waals surface area contributed by atoms with Crippen LogP contribution in [-0.2, 0) is 23.7 Å². The summed E-state index contributed by atoms with van der Waals surface area (Å²) in [7, 11) is 0. The van der Waals surface area contributed by atoms with Crippen molar-refractivity contribution in [3.05, 3.63) is 0 Å². The van der Waals surface area contributed by atoms with Gasteiger partial charge in [-0.05, 0) is 0 Å². The van der Waals surface area contributed by atoms with Gasteiger partial charge in [-0.25, -0.2) is 0 Å². The molecule has 3 saturated heterocycles. The Morgan fingerprint density at radius 2 is 1.06 bits per heavy atom. The SMILES string of the molecule is N[C@H]1[C@H](O[C@H]2[C@@H](O)[C@@H](CO)O[C@@H](O[C@H]3[C@H](O)[C@@H](O)[C@H](O)O[C@@H]3CO)[C@@H]2O)O[C@H](CO)[C@@H](O)[C@@H]1O. The molecule has 0 aliphatic carbocycles. The normalized spacial score (nSPS) is 52.5. The van der Waals surface area contributed by atoms with E-state index in [-0.39, 0.29) is 0 Å². The largest absolute Gasteiger partial charge is 0.394 e. The van der Waals surface area contributed by atoms with Gasteiger partial charge in [0.25, 0.3) is 0 Å². The van der Waals surface area contributed by atoms with Crippen molar-refractivity contribution in [1.82, 2.24) is 0 Å². The molecule has 0 aromatic carbocycles. The van der Waals surface area contributed by atoms with Crippen molar-refractivity contribution in [3.8, 4) is 0 Å². The number of nitrogens with two attached hydrogens (primary N) is 1. The van der Waals surface area contributed by atoms with Gasteiger partial charge in [-0.1, -0.05) is 0 Å². The summed E-state index contributed by atoms with van der Waals surface area (Å²) in [6.45, 7) is -2.24. The van der Waals surface area contributed by atoms with Crippen molar-refractivity contribution in [2.45, 2.75) is 92.1 Å². The predicted octanol–water partition coefficient (Wildman–Crippen LogP) is -7.61. The van der Waals surface area contributed by atoms with E-state index in [2.05, 4.69) is 0 Å². The third-order valence-electron chi connectivity index (χ3n) is 6.17. The standard InChI is InChI=1S/C18H33NO15/c19-7-10(25)8(23)4(1-20)31-17(7)34-15-9(24)5(2-21)32-18(13(15)28)33-14-6(3-22)30-16(29)12(27)11(14)26/h4-18,20-29H,1-3,19H2/t4-,5-,6-,7-,8-,9+,10-,11-,12-,13-,14-,15+,16-,17+,18+/m1/s1. The van der Waals surface area contributed by atoms with Crippen molar-refractivity contribution in [3.63, 3.8) is 0 Å². The van der Waals surface area contributed by atoms with Crippen LogP contribution in [0.4, 0.5) is 0 Å². The van der Waals surface area contributed by atoms with Crippen LogP contribution in [0.1, 0.15) is 0 Å². The lowest BCUT2D eigenvalue weighted by atomic mass is 9.95. The maximum Gasteiger partial charge on any atom is 0.187 e. The van der Waals surface area contributed by atoms with Crippen LogP contribution in [0.2, 0.25) is 0 Å². The summed E-state index contributed by atoms with van der Waals surface area (Å²) < 4.78 is 26.7. The minimum atomic E-state index is -1.85. The van der Waals surface area contributed by atoms with E-state index in [1.54, 1.807) is 0 Å². The molecule has 3 aliphatic rings. The van der Waals surface area contributed by atoms with Gasteiger partial charge >= 0.3 is 0 Å². The van der Waals surface area contributed by atoms with Crippen LogP contribution < -0.4 is 5.73 Å². The maximum atomic E-state index is 10.8. The molecule has 15 atom stereocenters. The van der Waals surface area contributed by atoms with Crippen LogP contribution in [0.3, 0.4) is 0 Å². The average molecular weight is 503 g/mol. The van der Waals surface area contributed by atoms with E-state index in [4.69, 9.17) is 29.4 Å². The van der Waals surface area contributed by atoms with Crippen molar-refractivity contribution in [2.75, 3.05) is 19.8 Å². The number of rotatable bonds is 7. The lowest BCUT2D eigenvalue weighted by molar-refractivity contribution is -0.372. The molecule has 3 rings (SSSR count). The molecular formula is C18H33NO15. The van der Waals surface area contributed by atoms with Gasteiger partial charge < -0.3 is 80.5 Å². The lowest BCUT2D eigenvalue weighted by Crippen LogP contribution is -2.67. The monoisotopic (exact) mass is 503 g/mol. The second-order valence-electron chi connectivity index (χ2n) is 8.42. The fourth-order valence-electron chi connectivity index (χ4n) is 4.10. The Morgan fingerprint density at radius 3 is 1.65 bits per heavy atom. The quantitative estimate of drug-likeness (QED) is 0.154. The van der Waals surface area contributed by atoms with Crippen molar-refractivity contribution < 1.29 is 74.7 Å². The molecule has 0 saturated carbocycles. The van der Waals surface area contributed by atoms with Gasteiger partial charge in [0.05, 0.1) is 25.9 Å². The smallest absolute Gasteiger partial charge is 0.187 e. The molecule has 12 N–H and O–H groups in total. The van der Waals surface area contributed by atoms with Crippen LogP contribution in [0.25, 0.3) is 0 Å². The van der Waals surface area contributed by atoms with Gasteiger partial charge in [-0.2, -0.15) is 0 Å². The summed E-state index contributed by atoms with van der Waals surface area (Å²) in [5, 5.41) is 99.6. The van der Waals surface area contributed by atoms with E-state index < -0.39 is 112 Å². The van der Waals surface area contributed by atoms with Crippen LogP contribution in [-0.4, -0.2) is 163 Å². The van der Waals surface area contributed by atoms with E-state index in [1.165, 1.54) is 0 Å². The zero-order valence-electron chi connectivity index (χ0n) is 17.9. The molecule has 3 aliphatic heterocycles. The number of hydrogen-bond acceptors (Lipinski definition) is 16. The van der Waals surface area contributed by atoms with E-state index in [0.717, 1.165) is 0 Å². The number of aliphatic hydroxyl groups excluding tert-OH is 10. The molecule has 3 fully saturated rings. The van der Waals surface area contributed by atoms with Crippen LogP contribution >= 0.6 is 0 Å². The first-order valence-electron chi connectivity index (χ1n) is 10.7. The Bertz CT molecular complexity index is 642. The number of hydrogen-bond donors (Lipinski definition) is 11. The van der Waals surface area contributed by atoms with Crippen molar-refractivity contribution in [2.24, 2.45) is 5.73 Å². The molecule has 0 spiro atoms. The lowest BCUT2D eigenvalue weighted by Gasteiger charge is -2.48. The third-order valence-corrected chi connectivity index (χ3v) is 6.17. The first-order valence-corrected chi connectivity index (χ1v) is 10.7. The summed E-state index contributed by atoms with van der Waals surface area (Å²) in [4.78, 5) is 0. The molecule has 0 radical (unpaired) electrons. The Morgan fingerprint density at radius 1 is 0.529 bits per heavy atom. The molecule has 34 heavy (non-hydrogen) atoms. The van der Waals surface area contributed by atoms with E-state index in [9.17, 15) is 51.1 Å². The average Bonchev–Trinajstić information content (AvgIpc) is 2.83. The third kappa shape index (κ3) is 5.37. The minimum Gasteiger partial charge on any atom is -0.394 e. The molecular weight excluding hydrogens is 470 g/mol. The highest BCUT2D eigenvalue weighted by Gasteiger charge is 2.53. The minimum absolute atomic E-state index is 0.703. The zero-order valence-corrected chi connectivity index (χ0v) is 17.9.